The normalized spacial score (nSPS) is 22.1. The van der Waals surface area contributed by atoms with Crippen LogP contribution in [0.3, 0.4) is 0 Å². The molecule has 0 spiro atoms. The average molecular weight is 204 g/mol. The number of carbonyl (C=O) groups excluding carboxylic acids is 1. The largest absolute Gasteiger partial charge is 0.447 e. The van der Waals surface area contributed by atoms with Crippen molar-refractivity contribution in [2.45, 2.75) is 6.04 Å². The van der Waals surface area contributed by atoms with Gasteiger partial charge in [-0.3, -0.25) is 0 Å². The lowest BCUT2D eigenvalue weighted by atomic mass is 10.3. The molecule has 0 aliphatic carbocycles. The number of thiophene rings is 1. The molecule has 5 heteroatoms. The molecule has 2 rings (SSSR count). The van der Waals surface area contributed by atoms with Crippen LogP contribution in [-0.2, 0) is 4.74 Å². The van der Waals surface area contributed by atoms with Crippen LogP contribution in [0.25, 0.3) is 0 Å². The Labute approximate surface area is 78.3 Å². The van der Waals surface area contributed by atoms with Gasteiger partial charge in [0.25, 0.3) is 0 Å². The number of cyclic esters (lactones) is 1. The highest BCUT2D eigenvalue weighted by atomic mass is 35.5. The molecule has 1 aliphatic rings. The molecule has 1 unspecified atom stereocenters. The third-order valence-electron chi connectivity index (χ3n) is 1.60. The quantitative estimate of drug-likeness (QED) is 0.760. The molecule has 0 aromatic carbocycles. The minimum absolute atomic E-state index is 0.0185. The number of amides is 1. The third-order valence-corrected chi connectivity index (χ3v) is 3.00. The minimum Gasteiger partial charge on any atom is -0.447 e. The van der Waals surface area contributed by atoms with Gasteiger partial charge in [0.05, 0.1) is 5.02 Å². The van der Waals surface area contributed by atoms with E-state index < -0.39 is 0 Å². The van der Waals surface area contributed by atoms with Crippen molar-refractivity contribution in [2.75, 3.05) is 6.61 Å². The highest BCUT2D eigenvalue weighted by Crippen LogP contribution is 2.27. The van der Waals surface area contributed by atoms with E-state index in [-0.39, 0.29) is 12.1 Å². The molecule has 3 nitrogen and oxygen atoms in total. The van der Waals surface area contributed by atoms with E-state index in [1.165, 1.54) is 11.3 Å². The number of alkyl carbamates (subject to hydrolysis) is 1. The first-order valence-corrected chi connectivity index (χ1v) is 4.68. The van der Waals surface area contributed by atoms with Crippen LogP contribution >= 0.6 is 22.9 Å². The van der Waals surface area contributed by atoms with E-state index in [4.69, 9.17) is 16.3 Å². The Morgan fingerprint density at radius 1 is 1.75 bits per heavy atom. The molecule has 1 aromatic rings. The maximum Gasteiger partial charge on any atom is 0.407 e. The SMILES string of the molecule is O=C1NC(c2cc(Cl)cs2)CO1. The lowest BCUT2D eigenvalue weighted by molar-refractivity contribution is 0.177. The molecule has 0 saturated carbocycles. The van der Waals surface area contributed by atoms with E-state index in [0.29, 0.717) is 11.6 Å². The first-order chi connectivity index (χ1) is 5.75. The van der Waals surface area contributed by atoms with Gasteiger partial charge < -0.3 is 10.1 Å². The number of nitrogens with one attached hydrogen (secondary N) is 1. The van der Waals surface area contributed by atoms with E-state index in [1.807, 2.05) is 11.4 Å². The van der Waals surface area contributed by atoms with Gasteiger partial charge in [0.2, 0.25) is 0 Å². The standard InChI is InChI=1S/C7H6ClNO2S/c8-4-1-6(12-3-4)5-2-11-7(10)9-5/h1,3,5H,2H2,(H,9,10). The monoisotopic (exact) mass is 203 g/mol. The number of halogens is 1. The summed E-state index contributed by atoms with van der Waals surface area (Å²) in [6.07, 6.45) is -0.357. The van der Waals surface area contributed by atoms with Crippen LogP contribution in [0, 0.1) is 0 Å². The number of hydrogen-bond donors (Lipinski definition) is 1. The number of rotatable bonds is 1. The second-order valence-corrected chi connectivity index (χ2v) is 3.84. The summed E-state index contributed by atoms with van der Waals surface area (Å²) in [5.74, 6) is 0. The van der Waals surface area contributed by atoms with Crippen LogP contribution in [0.1, 0.15) is 10.9 Å². The first kappa shape index (κ1) is 7.89. The van der Waals surface area contributed by atoms with Crippen molar-refractivity contribution in [3.05, 3.63) is 21.3 Å². The van der Waals surface area contributed by atoms with Crippen LogP contribution < -0.4 is 5.32 Å². The van der Waals surface area contributed by atoms with Crippen LogP contribution in [0.5, 0.6) is 0 Å². The average Bonchev–Trinajstić information content (AvgIpc) is 2.58. The summed E-state index contributed by atoms with van der Waals surface area (Å²) < 4.78 is 4.74. The van der Waals surface area contributed by atoms with Crippen molar-refractivity contribution in [1.82, 2.24) is 5.32 Å². The Balaban J connectivity index is 2.15. The van der Waals surface area contributed by atoms with Gasteiger partial charge in [-0.2, -0.15) is 0 Å². The van der Waals surface area contributed by atoms with Gasteiger partial charge in [0.15, 0.2) is 0 Å². The maximum absolute atomic E-state index is 10.7. The summed E-state index contributed by atoms with van der Waals surface area (Å²) >= 11 is 7.25. The number of hydrogen-bond acceptors (Lipinski definition) is 3. The summed E-state index contributed by atoms with van der Waals surface area (Å²) in [6.45, 7) is 0.398. The van der Waals surface area contributed by atoms with Crippen molar-refractivity contribution in [1.29, 1.82) is 0 Å². The molecule has 2 heterocycles. The summed E-state index contributed by atoms with van der Waals surface area (Å²) in [7, 11) is 0. The zero-order valence-corrected chi connectivity index (χ0v) is 7.61. The van der Waals surface area contributed by atoms with Crippen molar-refractivity contribution in [3.63, 3.8) is 0 Å². The second kappa shape index (κ2) is 2.95. The fourth-order valence-corrected chi connectivity index (χ4v) is 2.17. The summed E-state index contributed by atoms with van der Waals surface area (Å²) in [6, 6.07) is 1.82. The molecule has 64 valence electrons. The van der Waals surface area contributed by atoms with Gasteiger partial charge >= 0.3 is 6.09 Å². The zero-order valence-electron chi connectivity index (χ0n) is 6.04. The molecule has 1 aliphatic heterocycles. The van der Waals surface area contributed by atoms with E-state index in [1.54, 1.807) is 0 Å². The molecule has 1 aromatic heterocycles. The van der Waals surface area contributed by atoms with Gasteiger partial charge in [0.1, 0.15) is 12.6 Å². The van der Waals surface area contributed by atoms with Gasteiger partial charge in [-0.15, -0.1) is 11.3 Å². The number of carbonyl (C=O) groups is 1. The Kier molecular flexibility index (Phi) is 1.94. The Hall–Kier alpha value is -0.740. The maximum atomic E-state index is 10.7. The fourth-order valence-electron chi connectivity index (χ4n) is 1.05. The highest BCUT2D eigenvalue weighted by molar-refractivity contribution is 7.10. The molecule has 0 bridgehead atoms. The van der Waals surface area contributed by atoms with Gasteiger partial charge in [-0.25, -0.2) is 4.79 Å². The molecular formula is C7H6ClNO2S. The first-order valence-electron chi connectivity index (χ1n) is 3.43. The predicted molar refractivity (Wildman–Crippen MR) is 46.6 cm³/mol. The molecule has 12 heavy (non-hydrogen) atoms. The molecule has 1 saturated heterocycles. The molecule has 1 fully saturated rings. The Morgan fingerprint density at radius 3 is 3.08 bits per heavy atom. The van der Waals surface area contributed by atoms with Gasteiger partial charge in [-0.05, 0) is 6.07 Å². The van der Waals surface area contributed by atoms with Crippen LogP contribution in [0.4, 0.5) is 4.79 Å². The Bertz CT molecular complexity index is 312. The molecule has 1 atom stereocenters. The van der Waals surface area contributed by atoms with E-state index in [2.05, 4.69) is 5.32 Å². The zero-order chi connectivity index (χ0) is 8.55. The summed E-state index contributed by atoms with van der Waals surface area (Å²) in [4.78, 5) is 11.7. The van der Waals surface area contributed by atoms with Crippen LogP contribution in [0.2, 0.25) is 5.02 Å². The highest BCUT2D eigenvalue weighted by Gasteiger charge is 2.24. The summed E-state index contributed by atoms with van der Waals surface area (Å²) in [5, 5.41) is 5.21. The Morgan fingerprint density at radius 2 is 2.58 bits per heavy atom. The number of ether oxygens (including phenoxy) is 1. The second-order valence-electron chi connectivity index (χ2n) is 2.46. The lowest BCUT2D eigenvalue weighted by Gasteiger charge is -2.01. The van der Waals surface area contributed by atoms with Crippen molar-refractivity contribution in [2.24, 2.45) is 0 Å². The van der Waals surface area contributed by atoms with E-state index in [9.17, 15) is 4.79 Å². The molecule has 1 N–H and O–H groups in total. The fraction of sp³-hybridized carbons (Fsp3) is 0.286. The van der Waals surface area contributed by atoms with Crippen molar-refractivity contribution in [3.8, 4) is 0 Å². The third kappa shape index (κ3) is 1.40. The van der Waals surface area contributed by atoms with Crippen molar-refractivity contribution >= 4 is 29.0 Å². The van der Waals surface area contributed by atoms with E-state index >= 15 is 0 Å². The smallest absolute Gasteiger partial charge is 0.407 e. The summed E-state index contributed by atoms with van der Waals surface area (Å²) in [5.41, 5.74) is 0. The van der Waals surface area contributed by atoms with Crippen LogP contribution in [0.15, 0.2) is 11.4 Å². The van der Waals surface area contributed by atoms with Gasteiger partial charge in [-0.1, -0.05) is 11.6 Å². The lowest BCUT2D eigenvalue weighted by Crippen LogP contribution is -2.17. The topological polar surface area (TPSA) is 38.3 Å². The molecule has 0 radical (unpaired) electrons. The molecular weight excluding hydrogens is 198 g/mol. The molecule has 1 amide bonds. The predicted octanol–water partition coefficient (Wildman–Crippen LogP) is 2.18. The minimum atomic E-state index is -0.357. The van der Waals surface area contributed by atoms with Gasteiger partial charge in [0, 0.05) is 10.3 Å². The van der Waals surface area contributed by atoms with E-state index in [0.717, 1.165) is 4.88 Å². The van der Waals surface area contributed by atoms with Crippen molar-refractivity contribution < 1.29 is 9.53 Å². The van der Waals surface area contributed by atoms with Crippen LogP contribution in [-0.4, -0.2) is 12.7 Å².